The molecule has 20 heavy (non-hydrogen) atoms. The number of para-hydroxylation sites is 1. The van der Waals surface area contributed by atoms with Crippen LogP contribution in [0, 0.1) is 0 Å². The maximum Gasteiger partial charge on any atom is 0.138 e. The number of benzene rings is 1. The molecule has 3 atom stereocenters. The molecule has 2 aromatic rings. The van der Waals surface area contributed by atoms with Crippen LogP contribution in [0.15, 0.2) is 28.7 Å². The van der Waals surface area contributed by atoms with Crippen molar-refractivity contribution in [3.8, 4) is 0 Å². The first kappa shape index (κ1) is 13.7. The summed E-state index contributed by atoms with van der Waals surface area (Å²) in [6.07, 6.45) is 2.27. The molecule has 0 saturated carbocycles. The molecule has 0 amide bonds. The summed E-state index contributed by atoms with van der Waals surface area (Å²) in [7, 11) is 0. The van der Waals surface area contributed by atoms with Gasteiger partial charge >= 0.3 is 0 Å². The molecule has 0 bridgehead atoms. The molecule has 3 nitrogen and oxygen atoms in total. The van der Waals surface area contributed by atoms with E-state index in [2.05, 4.69) is 38.2 Å². The molecular formula is C17H23NO2. The monoisotopic (exact) mass is 273 g/mol. The van der Waals surface area contributed by atoms with Crippen molar-refractivity contribution in [2.45, 2.75) is 51.9 Å². The standard InChI is InChI=1S/C17H23NO2/c1-4-13-14-7-5-6-8-15(14)20-17(13)16-10-18-11(2)9-12(3)19-16/h5-8,11-12,16,18H,4,9-10H2,1-3H3. The molecule has 1 aliphatic rings. The van der Waals surface area contributed by atoms with E-state index in [9.17, 15) is 0 Å². The largest absolute Gasteiger partial charge is 0.458 e. The lowest BCUT2D eigenvalue weighted by atomic mass is 10.1. The summed E-state index contributed by atoms with van der Waals surface area (Å²) >= 11 is 0. The summed E-state index contributed by atoms with van der Waals surface area (Å²) in [6.45, 7) is 7.35. The third-order valence-electron chi connectivity index (χ3n) is 4.11. The van der Waals surface area contributed by atoms with Gasteiger partial charge in [0, 0.05) is 23.5 Å². The van der Waals surface area contributed by atoms with Gasteiger partial charge in [0.2, 0.25) is 0 Å². The zero-order valence-corrected chi connectivity index (χ0v) is 12.5. The Balaban J connectivity index is 2.00. The first-order chi connectivity index (χ1) is 9.69. The maximum absolute atomic E-state index is 6.18. The van der Waals surface area contributed by atoms with Crippen LogP contribution < -0.4 is 5.32 Å². The highest BCUT2D eigenvalue weighted by Gasteiger charge is 2.27. The molecule has 1 aromatic heterocycles. The molecule has 0 spiro atoms. The lowest BCUT2D eigenvalue weighted by Gasteiger charge is -2.17. The van der Waals surface area contributed by atoms with Crippen molar-refractivity contribution in [2.75, 3.05) is 6.54 Å². The molecule has 0 aliphatic carbocycles. The quantitative estimate of drug-likeness (QED) is 0.903. The Hall–Kier alpha value is -1.32. The van der Waals surface area contributed by atoms with Crippen LogP contribution in [0.1, 0.15) is 44.6 Å². The van der Waals surface area contributed by atoms with Gasteiger partial charge in [0.05, 0.1) is 6.10 Å². The number of ether oxygens (including phenoxy) is 1. The molecule has 2 heterocycles. The van der Waals surface area contributed by atoms with Gasteiger partial charge in [-0.2, -0.15) is 0 Å². The molecule has 1 N–H and O–H groups in total. The van der Waals surface area contributed by atoms with E-state index in [1.807, 2.05) is 12.1 Å². The van der Waals surface area contributed by atoms with Crippen LogP contribution in [-0.2, 0) is 11.2 Å². The summed E-state index contributed by atoms with van der Waals surface area (Å²) in [5.41, 5.74) is 2.25. The third kappa shape index (κ3) is 2.48. The highest BCUT2D eigenvalue weighted by Crippen LogP contribution is 2.33. The van der Waals surface area contributed by atoms with Crippen LogP contribution in [0.25, 0.3) is 11.0 Å². The first-order valence-corrected chi connectivity index (χ1v) is 7.58. The number of fused-ring (bicyclic) bond motifs is 1. The Bertz CT molecular complexity index is 590. The van der Waals surface area contributed by atoms with E-state index in [1.54, 1.807) is 0 Å². The second-order valence-electron chi connectivity index (χ2n) is 5.77. The molecule has 3 unspecified atom stereocenters. The van der Waals surface area contributed by atoms with Gasteiger partial charge in [-0.1, -0.05) is 25.1 Å². The Morgan fingerprint density at radius 3 is 2.85 bits per heavy atom. The zero-order valence-electron chi connectivity index (χ0n) is 12.5. The minimum Gasteiger partial charge on any atom is -0.458 e. The third-order valence-corrected chi connectivity index (χ3v) is 4.11. The van der Waals surface area contributed by atoms with Gasteiger partial charge < -0.3 is 14.5 Å². The summed E-state index contributed by atoms with van der Waals surface area (Å²) in [5, 5.41) is 4.75. The highest BCUT2D eigenvalue weighted by molar-refractivity contribution is 5.82. The van der Waals surface area contributed by atoms with Crippen molar-refractivity contribution in [2.24, 2.45) is 0 Å². The zero-order chi connectivity index (χ0) is 14.1. The Labute approximate surface area is 120 Å². The van der Waals surface area contributed by atoms with E-state index in [0.717, 1.165) is 30.7 Å². The SMILES string of the molecule is CCc1c(C2CNC(C)CC(C)O2)oc2ccccc12. The van der Waals surface area contributed by atoms with E-state index < -0.39 is 0 Å². The van der Waals surface area contributed by atoms with Gasteiger partial charge in [0.15, 0.2) is 0 Å². The highest BCUT2D eigenvalue weighted by atomic mass is 16.5. The van der Waals surface area contributed by atoms with E-state index in [4.69, 9.17) is 9.15 Å². The molecule has 3 rings (SSSR count). The van der Waals surface area contributed by atoms with Crippen molar-refractivity contribution < 1.29 is 9.15 Å². The van der Waals surface area contributed by atoms with Crippen LogP contribution in [0.5, 0.6) is 0 Å². The van der Waals surface area contributed by atoms with Gasteiger partial charge in [-0.3, -0.25) is 0 Å². The van der Waals surface area contributed by atoms with Crippen molar-refractivity contribution in [3.63, 3.8) is 0 Å². The van der Waals surface area contributed by atoms with Gasteiger partial charge in [-0.15, -0.1) is 0 Å². The Kier molecular flexibility index (Phi) is 3.81. The van der Waals surface area contributed by atoms with Crippen LogP contribution in [0.4, 0.5) is 0 Å². The number of nitrogens with one attached hydrogen (secondary N) is 1. The average Bonchev–Trinajstić information content (AvgIpc) is 2.72. The lowest BCUT2D eigenvalue weighted by Crippen LogP contribution is -2.28. The molecule has 1 aliphatic heterocycles. The predicted molar refractivity (Wildman–Crippen MR) is 81.0 cm³/mol. The number of hydrogen-bond acceptors (Lipinski definition) is 3. The summed E-state index contributed by atoms with van der Waals surface area (Å²) in [6, 6.07) is 8.75. The molecular weight excluding hydrogens is 250 g/mol. The summed E-state index contributed by atoms with van der Waals surface area (Å²) in [4.78, 5) is 0. The number of aryl methyl sites for hydroxylation is 1. The van der Waals surface area contributed by atoms with Crippen molar-refractivity contribution in [3.05, 3.63) is 35.6 Å². The van der Waals surface area contributed by atoms with E-state index in [-0.39, 0.29) is 12.2 Å². The van der Waals surface area contributed by atoms with Crippen LogP contribution >= 0.6 is 0 Å². The number of furan rings is 1. The lowest BCUT2D eigenvalue weighted by molar-refractivity contribution is -0.00389. The smallest absolute Gasteiger partial charge is 0.138 e. The normalized spacial score (nSPS) is 27.6. The second kappa shape index (κ2) is 5.58. The molecule has 108 valence electrons. The first-order valence-electron chi connectivity index (χ1n) is 7.58. The fourth-order valence-electron chi connectivity index (χ4n) is 3.17. The van der Waals surface area contributed by atoms with Crippen LogP contribution in [0.2, 0.25) is 0 Å². The molecule has 1 fully saturated rings. The topological polar surface area (TPSA) is 34.4 Å². The van der Waals surface area contributed by atoms with E-state index in [1.165, 1.54) is 10.9 Å². The minimum atomic E-state index is 0.0114. The molecule has 1 saturated heterocycles. The van der Waals surface area contributed by atoms with Crippen molar-refractivity contribution in [1.82, 2.24) is 5.32 Å². The summed E-state index contributed by atoms with van der Waals surface area (Å²) in [5.74, 6) is 1.00. The van der Waals surface area contributed by atoms with Crippen LogP contribution in [0.3, 0.4) is 0 Å². The van der Waals surface area contributed by atoms with Gasteiger partial charge in [0.25, 0.3) is 0 Å². The molecule has 1 aromatic carbocycles. The minimum absolute atomic E-state index is 0.0114. The number of rotatable bonds is 2. The van der Waals surface area contributed by atoms with E-state index in [0.29, 0.717) is 6.04 Å². The van der Waals surface area contributed by atoms with Crippen molar-refractivity contribution in [1.29, 1.82) is 0 Å². The fourth-order valence-corrected chi connectivity index (χ4v) is 3.17. The van der Waals surface area contributed by atoms with Gasteiger partial charge in [-0.25, -0.2) is 0 Å². The van der Waals surface area contributed by atoms with Gasteiger partial charge in [-0.05, 0) is 32.8 Å². The Morgan fingerprint density at radius 1 is 1.25 bits per heavy atom. The molecule has 3 heteroatoms. The Morgan fingerprint density at radius 2 is 2.05 bits per heavy atom. The maximum atomic E-state index is 6.18. The second-order valence-corrected chi connectivity index (χ2v) is 5.77. The van der Waals surface area contributed by atoms with Crippen LogP contribution in [-0.4, -0.2) is 18.7 Å². The van der Waals surface area contributed by atoms with Crippen molar-refractivity contribution >= 4 is 11.0 Å². The van der Waals surface area contributed by atoms with E-state index >= 15 is 0 Å². The summed E-state index contributed by atoms with van der Waals surface area (Å²) < 4.78 is 12.3. The average molecular weight is 273 g/mol. The van der Waals surface area contributed by atoms with Gasteiger partial charge in [0.1, 0.15) is 17.4 Å². The number of hydrogen-bond donors (Lipinski definition) is 1. The fraction of sp³-hybridized carbons (Fsp3) is 0.529. The predicted octanol–water partition coefficient (Wildman–Crippen LogP) is 3.82. The molecule has 0 radical (unpaired) electrons.